The fourth-order valence-electron chi connectivity index (χ4n) is 2.97. The molecule has 0 aromatic heterocycles. The second kappa shape index (κ2) is 7.48. The van der Waals surface area contributed by atoms with Gasteiger partial charge in [0.2, 0.25) is 0 Å². The minimum atomic E-state index is 0.520. The van der Waals surface area contributed by atoms with Crippen LogP contribution in [0.4, 0.5) is 5.69 Å². The Bertz CT molecular complexity index is 461. The number of anilines is 1. The van der Waals surface area contributed by atoms with Gasteiger partial charge in [-0.1, -0.05) is 31.5 Å². The Kier molecular flexibility index (Phi) is 5.91. The monoisotopic (exact) mass is 309 g/mol. The molecule has 118 valence electrons. The Morgan fingerprint density at radius 1 is 1.33 bits per heavy atom. The lowest BCUT2D eigenvalue weighted by Gasteiger charge is -2.41. The highest BCUT2D eigenvalue weighted by molar-refractivity contribution is 6.31. The largest absolute Gasteiger partial charge is 0.366 e. The van der Waals surface area contributed by atoms with Crippen LogP contribution in [0, 0.1) is 5.92 Å². The van der Waals surface area contributed by atoms with E-state index in [1.165, 1.54) is 11.3 Å². The molecule has 0 saturated carbocycles. The van der Waals surface area contributed by atoms with Gasteiger partial charge in [0.1, 0.15) is 0 Å². The molecule has 1 aliphatic heterocycles. The average molecular weight is 310 g/mol. The third-order valence-corrected chi connectivity index (χ3v) is 4.44. The Hall–Kier alpha value is -0.770. The van der Waals surface area contributed by atoms with Gasteiger partial charge in [-0.25, -0.2) is 0 Å². The second-order valence-electron chi connectivity index (χ2n) is 6.57. The normalized spacial score (nSPS) is 20.3. The van der Waals surface area contributed by atoms with Crippen molar-refractivity contribution in [3.05, 3.63) is 28.8 Å². The van der Waals surface area contributed by atoms with Crippen LogP contribution in [0.3, 0.4) is 0 Å². The molecule has 1 aromatic carbocycles. The van der Waals surface area contributed by atoms with E-state index in [1.807, 2.05) is 6.07 Å². The topological polar surface area (TPSA) is 18.5 Å². The Labute approximate surface area is 134 Å². The van der Waals surface area contributed by atoms with Gasteiger partial charge in [-0.05, 0) is 38.6 Å². The SMILES string of the molecule is CC(C)CNCc1c(Cl)cccc1N1CCN(C)CC1C. The Balaban J connectivity index is 2.16. The molecule has 1 atom stereocenters. The number of hydrogen-bond acceptors (Lipinski definition) is 3. The van der Waals surface area contributed by atoms with Crippen molar-refractivity contribution in [2.45, 2.75) is 33.4 Å². The minimum Gasteiger partial charge on any atom is -0.366 e. The zero-order valence-electron chi connectivity index (χ0n) is 13.7. The van der Waals surface area contributed by atoms with Crippen molar-refractivity contribution >= 4 is 17.3 Å². The quantitative estimate of drug-likeness (QED) is 0.901. The molecule has 21 heavy (non-hydrogen) atoms. The van der Waals surface area contributed by atoms with Crippen molar-refractivity contribution in [3.8, 4) is 0 Å². The van der Waals surface area contributed by atoms with Gasteiger partial charge in [-0.2, -0.15) is 0 Å². The van der Waals surface area contributed by atoms with Crippen LogP contribution < -0.4 is 10.2 Å². The van der Waals surface area contributed by atoms with Crippen molar-refractivity contribution in [2.75, 3.05) is 38.1 Å². The van der Waals surface area contributed by atoms with E-state index in [0.717, 1.165) is 37.7 Å². The molecule has 1 N–H and O–H groups in total. The summed E-state index contributed by atoms with van der Waals surface area (Å²) >= 11 is 6.46. The predicted octanol–water partition coefficient (Wildman–Crippen LogP) is 3.23. The molecule has 1 saturated heterocycles. The van der Waals surface area contributed by atoms with Crippen molar-refractivity contribution in [1.29, 1.82) is 0 Å². The van der Waals surface area contributed by atoms with Gasteiger partial charge in [0.15, 0.2) is 0 Å². The van der Waals surface area contributed by atoms with E-state index >= 15 is 0 Å². The van der Waals surface area contributed by atoms with E-state index in [0.29, 0.717) is 12.0 Å². The summed E-state index contributed by atoms with van der Waals surface area (Å²) in [4.78, 5) is 4.89. The van der Waals surface area contributed by atoms with Gasteiger partial charge >= 0.3 is 0 Å². The van der Waals surface area contributed by atoms with Crippen molar-refractivity contribution in [3.63, 3.8) is 0 Å². The van der Waals surface area contributed by atoms with E-state index in [4.69, 9.17) is 11.6 Å². The number of halogens is 1. The minimum absolute atomic E-state index is 0.520. The van der Waals surface area contributed by atoms with Crippen LogP contribution in [0.1, 0.15) is 26.3 Å². The molecule has 1 fully saturated rings. The number of piperazine rings is 1. The number of likely N-dealkylation sites (N-methyl/N-ethyl adjacent to an activating group) is 1. The van der Waals surface area contributed by atoms with E-state index in [2.05, 4.69) is 55.1 Å². The fraction of sp³-hybridized carbons (Fsp3) is 0.647. The van der Waals surface area contributed by atoms with Crippen LogP contribution in [-0.2, 0) is 6.54 Å². The summed E-state index contributed by atoms with van der Waals surface area (Å²) in [5.41, 5.74) is 2.52. The zero-order chi connectivity index (χ0) is 15.4. The van der Waals surface area contributed by atoms with Crippen molar-refractivity contribution in [2.24, 2.45) is 5.92 Å². The average Bonchev–Trinajstić information content (AvgIpc) is 2.40. The standard InChI is InChI=1S/C17H28ClN3/c1-13(2)10-19-11-15-16(18)6-5-7-17(15)21-9-8-20(4)12-14(21)3/h5-7,13-14,19H,8-12H2,1-4H3. The van der Waals surface area contributed by atoms with E-state index in [9.17, 15) is 0 Å². The van der Waals surface area contributed by atoms with Crippen LogP contribution in [0.15, 0.2) is 18.2 Å². The molecular formula is C17H28ClN3. The molecule has 2 rings (SSSR count). The first kappa shape index (κ1) is 16.6. The van der Waals surface area contributed by atoms with Gasteiger partial charge in [0, 0.05) is 48.5 Å². The van der Waals surface area contributed by atoms with Crippen molar-refractivity contribution < 1.29 is 0 Å². The molecule has 0 amide bonds. The van der Waals surface area contributed by atoms with E-state index in [1.54, 1.807) is 0 Å². The molecular weight excluding hydrogens is 282 g/mol. The van der Waals surface area contributed by atoms with E-state index in [-0.39, 0.29) is 0 Å². The molecule has 4 heteroatoms. The smallest absolute Gasteiger partial charge is 0.0471 e. The number of rotatable bonds is 5. The number of nitrogens with zero attached hydrogens (tertiary/aromatic N) is 2. The third kappa shape index (κ3) is 4.35. The maximum Gasteiger partial charge on any atom is 0.0471 e. The lowest BCUT2D eigenvalue weighted by molar-refractivity contribution is 0.275. The maximum atomic E-state index is 6.46. The highest BCUT2D eigenvalue weighted by atomic mass is 35.5. The Morgan fingerprint density at radius 2 is 2.10 bits per heavy atom. The summed E-state index contributed by atoms with van der Waals surface area (Å²) in [5.74, 6) is 0.651. The summed E-state index contributed by atoms with van der Waals surface area (Å²) in [6.07, 6.45) is 0. The number of benzene rings is 1. The molecule has 0 radical (unpaired) electrons. The van der Waals surface area contributed by atoms with Crippen LogP contribution in [-0.4, -0.2) is 44.2 Å². The predicted molar refractivity (Wildman–Crippen MR) is 92.3 cm³/mol. The summed E-state index contributed by atoms with van der Waals surface area (Å²) < 4.78 is 0. The first-order valence-corrected chi connectivity index (χ1v) is 8.30. The summed E-state index contributed by atoms with van der Waals surface area (Å²) in [7, 11) is 2.19. The second-order valence-corrected chi connectivity index (χ2v) is 6.97. The molecule has 1 aromatic rings. The summed E-state index contributed by atoms with van der Waals surface area (Å²) in [6, 6.07) is 6.79. The molecule has 1 aliphatic rings. The van der Waals surface area contributed by atoms with Gasteiger partial charge in [0.25, 0.3) is 0 Å². The first-order chi connectivity index (χ1) is 9.99. The summed E-state index contributed by atoms with van der Waals surface area (Å²) in [6.45, 7) is 11.9. The number of hydrogen-bond donors (Lipinski definition) is 1. The van der Waals surface area contributed by atoms with Gasteiger partial charge in [0.05, 0.1) is 0 Å². The molecule has 0 spiro atoms. The highest BCUT2D eigenvalue weighted by Crippen LogP contribution is 2.30. The van der Waals surface area contributed by atoms with Gasteiger partial charge < -0.3 is 15.1 Å². The Morgan fingerprint density at radius 3 is 2.76 bits per heavy atom. The molecule has 0 aliphatic carbocycles. The molecule has 3 nitrogen and oxygen atoms in total. The summed E-state index contributed by atoms with van der Waals surface area (Å²) in [5, 5.41) is 4.39. The third-order valence-electron chi connectivity index (χ3n) is 4.09. The first-order valence-electron chi connectivity index (χ1n) is 7.92. The molecule has 1 heterocycles. The molecule has 1 unspecified atom stereocenters. The van der Waals surface area contributed by atoms with Crippen LogP contribution >= 0.6 is 11.6 Å². The van der Waals surface area contributed by atoms with Gasteiger partial charge in [-0.15, -0.1) is 0 Å². The maximum absolute atomic E-state index is 6.46. The highest BCUT2D eigenvalue weighted by Gasteiger charge is 2.24. The lowest BCUT2D eigenvalue weighted by atomic mass is 10.1. The van der Waals surface area contributed by atoms with Crippen LogP contribution in [0.25, 0.3) is 0 Å². The lowest BCUT2D eigenvalue weighted by Crippen LogP contribution is -2.50. The van der Waals surface area contributed by atoms with Crippen LogP contribution in [0.5, 0.6) is 0 Å². The number of nitrogens with one attached hydrogen (secondary N) is 1. The van der Waals surface area contributed by atoms with Crippen molar-refractivity contribution in [1.82, 2.24) is 10.2 Å². The van der Waals surface area contributed by atoms with Crippen LogP contribution in [0.2, 0.25) is 5.02 Å². The molecule has 0 bridgehead atoms. The zero-order valence-corrected chi connectivity index (χ0v) is 14.5. The van der Waals surface area contributed by atoms with E-state index < -0.39 is 0 Å². The fourth-order valence-corrected chi connectivity index (χ4v) is 3.21. The van der Waals surface area contributed by atoms with Gasteiger partial charge in [-0.3, -0.25) is 0 Å².